The van der Waals surface area contributed by atoms with Crippen molar-refractivity contribution in [3.05, 3.63) is 59.7 Å². The third-order valence-corrected chi connectivity index (χ3v) is 3.91. The van der Waals surface area contributed by atoms with Gasteiger partial charge in [0.2, 0.25) is 0 Å². The molecule has 0 saturated carbocycles. The minimum atomic E-state index is -0.510. The Hall–Kier alpha value is -2.49. The molecule has 0 aliphatic carbocycles. The molecule has 0 radical (unpaired) electrons. The summed E-state index contributed by atoms with van der Waals surface area (Å²) in [6.07, 6.45) is 1.46. The zero-order valence-electron chi connectivity index (χ0n) is 16.1. The van der Waals surface area contributed by atoms with Gasteiger partial charge in [-0.1, -0.05) is 24.3 Å². The van der Waals surface area contributed by atoms with Crippen LogP contribution in [0.1, 0.15) is 38.3 Å². The Morgan fingerprint density at radius 3 is 2.38 bits per heavy atom. The Balaban J connectivity index is 1.69. The number of aryl methyl sites for hydroxylation is 2. The summed E-state index contributed by atoms with van der Waals surface area (Å²) >= 11 is 0. The lowest BCUT2D eigenvalue weighted by atomic mass is 10.1. The molecule has 0 fully saturated rings. The van der Waals surface area contributed by atoms with Crippen LogP contribution in [0.4, 0.5) is 0 Å². The van der Waals surface area contributed by atoms with E-state index in [1.54, 1.807) is 6.92 Å². The van der Waals surface area contributed by atoms with Gasteiger partial charge in [-0.2, -0.15) is 0 Å². The first-order chi connectivity index (χ1) is 12.4. The minimum Gasteiger partial charge on any atom is -0.491 e. The van der Waals surface area contributed by atoms with E-state index in [0.717, 1.165) is 29.9 Å². The average Bonchev–Trinajstić information content (AvgIpc) is 2.59. The molecular weight excluding hydrogens is 326 g/mol. The van der Waals surface area contributed by atoms with Gasteiger partial charge in [-0.05, 0) is 75.9 Å². The molecule has 1 unspecified atom stereocenters. The molecule has 140 valence electrons. The van der Waals surface area contributed by atoms with E-state index in [0.29, 0.717) is 6.54 Å². The summed E-state index contributed by atoms with van der Waals surface area (Å²) in [7, 11) is 0. The van der Waals surface area contributed by atoms with Crippen molar-refractivity contribution < 1.29 is 14.3 Å². The zero-order valence-corrected chi connectivity index (χ0v) is 16.1. The number of carbonyl (C=O) groups excluding carboxylic acids is 1. The predicted octanol–water partition coefficient (Wildman–Crippen LogP) is 4.30. The fourth-order valence-corrected chi connectivity index (χ4v) is 2.60. The van der Waals surface area contributed by atoms with Crippen molar-refractivity contribution >= 4 is 5.91 Å². The standard InChI is InChI=1S/C22H29NO3/c1-16(2)25-20-12-10-19(11-13-20)8-6-14-23-22(24)18(4)26-21-9-5-7-17(3)15-21/h5,7,9-13,15-16,18H,6,8,14H2,1-4H3,(H,23,24). The second-order valence-electron chi connectivity index (χ2n) is 6.78. The molecule has 4 heteroatoms. The molecule has 2 rings (SSSR count). The van der Waals surface area contributed by atoms with Crippen molar-refractivity contribution in [3.63, 3.8) is 0 Å². The van der Waals surface area contributed by atoms with Gasteiger partial charge in [0.25, 0.3) is 5.91 Å². The summed E-state index contributed by atoms with van der Waals surface area (Å²) in [4.78, 5) is 12.1. The molecule has 1 atom stereocenters. The van der Waals surface area contributed by atoms with E-state index in [9.17, 15) is 4.79 Å². The van der Waals surface area contributed by atoms with Crippen molar-refractivity contribution in [2.45, 2.75) is 52.7 Å². The SMILES string of the molecule is Cc1cccc(OC(C)C(=O)NCCCc2ccc(OC(C)C)cc2)c1. The van der Waals surface area contributed by atoms with E-state index in [4.69, 9.17) is 9.47 Å². The molecule has 0 aromatic heterocycles. The van der Waals surface area contributed by atoms with E-state index in [1.165, 1.54) is 5.56 Å². The highest BCUT2D eigenvalue weighted by Crippen LogP contribution is 2.15. The Morgan fingerprint density at radius 1 is 1.00 bits per heavy atom. The summed E-state index contributed by atoms with van der Waals surface area (Å²) in [5.41, 5.74) is 2.35. The van der Waals surface area contributed by atoms with Crippen LogP contribution in [0.15, 0.2) is 48.5 Å². The van der Waals surface area contributed by atoms with Crippen LogP contribution in [-0.4, -0.2) is 24.7 Å². The van der Waals surface area contributed by atoms with Crippen molar-refractivity contribution in [1.82, 2.24) is 5.32 Å². The monoisotopic (exact) mass is 355 g/mol. The van der Waals surface area contributed by atoms with Crippen LogP contribution < -0.4 is 14.8 Å². The summed E-state index contributed by atoms with van der Waals surface area (Å²) in [5, 5.41) is 2.94. The Bertz CT molecular complexity index is 695. The van der Waals surface area contributed by atoms with E-state index >= 15 is 0 Å². The van der Waals surface area contributed by atoms with Gasteiger partial charge in [-0.25, -0.2) is 0 Å². The Kier molecular flexibility index (Phi) is 7.52. The van der Waals surface area contributed by atoms with Crippen molar-refractivity contribution in [2.75, 3.05) is 6.54 Å². The van der Waals surface area contributed by atoms with E-state index < -0.39 is 6.10 Å². The number of hydrogen-bond donors (Lipinski definition) is 1. The first-order valence-corrected chi connectivity index (χ1v) is 9.20. The second kappa shape index (κ2) is 9.85. The lowest BCUT2D eigenvalue weighted by Gasteiger charge is -2.15. The first-order valence-electron chi connectivity index (χ1n) is 9.20. The van der Waals surface area contributed by atoms with E-state index in [2.05, 4.69) is 17.4 Å². The normalized spacial score (nSPS) is 11.9. The first kappa shape index (κ1) is 19.8. The van der Waals surface area contributed by atoms with E-state index in [-0.39, 0.29) is 12.0 Å². The third kappa shape index (κ3) is 6.79. The number of carbonyl (C=O) groups is 1. The minimum absolute atomic E-state index is 0.0906. The van der Waals surface area contributed by atoms with Gasteiger partial charge in [-0.3, -0.25) is 4.79 Å². The Morgan fingerprint density at radius 2 is 1.73 bits per heavy atom. The molecule has 2 aromatic rings. The van der Waals surface area contributed by atoms with Gasteiger partial charge in [0.15, 0.2) is 6.10 Å². The average molecular weight is 355 g/mol. The fraction of sp³-hybridized carbons (Fsp3) is 0.409. The molecule has 1 N–H and O–H groups in total. The predicted molar refractivity (Wildman–Crippen MR) is 105 cm³/mol. The molecule has 4 nitrogen and oxygen atoms in total. The topological polar surface area (TPSA) is 47.6 Å². The maximum Gasteiger partial charge on any atom is 0.260 e. The molecule has 0 aliphatic heterocycles. The maximum absolute atomic E-state index is 12.1. The third-order valence-electron chi connectivity index (χ3n) is 3.91. The molecule has 0 spiro atoms. The largest absolute Gasteiger partial charge is 0.491 e. The van der Waals surface area contributed by atoms with Gasteiger partial charge in [-0.15, -0.1) is 0 Å². The summed E-state index contributed by atoms with van der Waals surface area (Å²) in [6, 6.07) is 15.8. The van der Waals surface area contributed by atoms with Gasteiger partial charge in [0.05, 0.1) is 6.10 Å². The van der Waals surface area contributed by atoms with Gasteiger partial charge in [0.1, 0.15) is 11.5 Å². The van der Waals surface area contributed by atoms with Crippen molar-refractivity contribution in [3.8, 4) is 11.5 Å². The highest BCUT2D eigenvalue weighted by atomic mass is 16.5. The van der Waals surface area contributed by atoms with Crippen molar-refractivity contribution in [1.29, 1.82) is 0 Å². The quantitative estimate of drug-likeness (QED) is 0.682. The van der Waals surface area contributed by atoms with Gasteiger partial charge >= 0.3 is 0 Å². The number of benzene rings is 2. The van der Waals surface area contributed by atoms with Crippen LogP contribution >= 0.6 is 0 Å². The number of rotatable bonds is 9. The van der Waals surface area contributed by atoms with Gasteiger partial charge in [0, 0.05) is 6.54 Å². The molecule has 0 aliphatic rings. The van der Waals surface area contributed by atoms with Crippen LogP contribution in [0.3, 0.4) is 0 Å². The van der Waals surface area contributed by atoms with Crippen LogP contribution in [0.5, 0.6) is 11.5 Å². The maximum atomic E-state index is 12.1. The summed E-state index contributed by atoms with van der Waals surface area (Å²) in [6.45, 7) is 8.43. The highest BCUT2D eigenvalue weighted by molar-refractivity contribution is 5.80. The lowest BCUT2D eigenvalue weighted by Crippen LogP contribution is -2.36. The molecule has 26 heavy (non-hydrogen) atoms. The second-order valence-corrected chi connectivity index (χ2v) is 6.78. The van der Waals surface area contributed by atoms with Crippen LogP contribution in [0.25, 0.3) is 0 Å². The number of amides is 1. The van der Waals surface area contributed by atoms with Crippen LogP contribution in [-0.2, 0) is 11.2 Å². The summed E-state index contributed by atoms with van der Waals surface area (Å²) < 4.78 is 11.3. The van der Waals surface area contributed by atoms with Crippen LogP contribution in [0.2, 0.25) is 0 Å². The highest BCUT2D eigenvalue weighted by Gasteiger charge is 2.13. The summed E-state index contributed by atoms with van der Waals surface area (Å²) in [5.74, 6) is 1.52. The van der Waals surface area contributed by atoms with Crippen molar-refractivity contribution in [2.24, 2.45) is 0 Å². The smallest absolute Gasteiger partial charge is 0.260 e. The zero-order chi connectivity index (χ0) is 18.9. The molecular formula is C22H29NO3. The lowest BCUT2D eigenvalue weighted by molar-refractivity contribution is -0.127. The molecule has 2 aromatic carbocycles. The van der Waals surface area contributed by atoms with Gasteiger partial charge < -0.3 is 14.8 Å². The molecule has 0 heterocycles. The molecule has 1 amide bonds. The number of hydrogen-bond acceptors (Lipinski definition) is 3. The Labute approximate surface area is 156 Å². The molecule has 0 saturated heterocycles. The van der Waals surface area contributed by atoms with E-state index in [1.807, 2.05) is 57.2 Å². The fourth-order valence-electron chi connectivity index (χ4n) is 2.60. The number of ether oxygens (including phenoxy) is 2. The molecule has 0 bridgehead atoms. The van der Waals surface area contributed by atoms with Crippen LogP contribution in [0, 0.1) is 6.92 Å². The number of nitrogens with one attached hydrogen (secondary N) is 1.